The lowest BCUT2D eigenvalue weighted by molar-refractivity contribution is -0.186. The summed E-state index contributed by atoms with van der Waals surface area (Å²) in [4.78, 5) is 14.1. The number of likely N-dealkylation sites (tertiary alicyclic amines) is 1. The van der Waals surface area contributed by atoms with E-state index in [2.05, 4.69) is 16.8 Å². The molecule has 2 aliphatic carbocycles. The molecule has 0 aromatic carbocycles. The monoisotopic (exact) mass is 372 g/mol. The van der Waals surface area contributed by atoms with Crippen molar-refractivity contribution in [3.8, 4) is 0 Å². The third kappa shape index (κ3) is 4.44. The van der Waals surface area contributed by atoms with Gasteiger partial charge in [0.15, 0.2) is 0 Å². The van der Waals surface area contributed by atoms with Crippen LogP contribution in [0.2, 0.25) is 0 Å². The lowest BCUT2D eigenvalue weighted by atomic mass is 9.73. The average Bonchev–Trinajstić information content (AvgIpc) is 2.65. The molecular formula is C20H31F3N2O. The molecule has 3 aliphatic rings. The molecule has 1 saturated heterocycles. The summed E-state index contributed by atoms with van der Waals surface area (Å²) in [6.07, 6.45) is 6.03. The molecule has 3 rings (SSSR count). The van der Waals surface area contributed by atoms with Gasteiger partial charge in [-0.1, -0.05) is 19.4 Å². The Bertz CT molecular complexity index is 500. The summed E-state index contributed by atoms with van der Waals surface area (Å²) in [5, 5.41) is 2.92. The van der Waals surface area contributed by atoms with Gasteiger partial charge < -0.3 is 5.32 Å². The first-order valence-corrected chi connectivity index (χ1v) is 10.1. The first-order chi connectivity index (χ1) is 12.4. The Morgan fingerprint density at radius 3 is 2.38 bits per heavy atom. The van der Waals surface area contributed by atoms with Crippen molar-refractivity contribution in [2.75, 3.05) is 6.54 Å². The van der Waals surface area contributed by atoms with Crippen molar-refractivity contribution in [1.29, 1.82) is 0 Å². The summed E-state index contributed by atoms with van der Waals surface area (Å²) in [5.74, 6) is -0.628. The standard InChI is InChI=1S/C20H31F3N2O/c1-2-19(26)24-13-17-10-7-14-5-3-4-6-18(14)25(17)16-11-8-15(9-12-16)20(21,22)23/h2,14-18H,1,3-13H2,(H,24,26). The van der Waals surface area contributed by atoms with Crippen molar-refractivity contribution in [2.24, 2.45) is 11.8 Å². The van der Waals surface area contributed by atoms with Crippen LogP contribution in [0.4, 0.5) is 13.2 Å². The maximum atomic E-state index is 13.0. The van der Waals surface area contributed by atoms with E-state index in [9.17, 15) is 18.0 Å². The van der Waals surface area contributed by atoms with Gasteiger partial charge in [0.05, 0.1) is 5.92 Å². The van der Waals surface area contributed by atoms with Gasteiger partial charge in [-0.25, -0.2) is 0 Å². The van der Waals surface area contributed by atoms with Crippen LogP contribution in [0.15, 0.2) is 12.7 Å². The molecule has 1 amide bonds. The summed E-state index contributed by atoms with van der Waals surface area (Å²) in [6, 6.07) is 0.950. The number of alkyl halides is 3. The second-order valence-corrected chi connectivity index (χ2v) is 8.29. The molecule has 3 atom stereocenters. The van der Waals surface area contributed by atoms with Gasteiger partial charge in [0.1, 0.15) is 0 Å². The van der Waals surface area contributed by atoms with Gasteiger partial charge in [0, 0.05) is 24.7 Å². The molecule has 1 heterocycles. The van der Waals surface area contributed by atoms with Crippen molar-refractivity contribution in [1.82, 2.24) is 10.2 Å². The van der Waals surface area contributed by atoms with E-state index >= 15 is 0 Å². The van der Waals surface area contributed by atoms with Gasteiger partial charge in [0.2, 0.25) is 5.91 Å². The van der Waals surface area contributed by atoms with Crippen LogP contribution in [-0.2, 0) is 4.79 Å². The number of hydrogen-bond acceptors (Lipinski definition) is 2. The zero-order valence-corrected chi connectivity index (χ0v) is 15.4. The Labute approximate surface area is 154 Å². The van der Waals surface area contributed by atoms with E-state index in [1.165, 1.54) is 31.8 Å². The molecular weight excluding hydrogens is 341 g/mol. The van der Waals surface area contributed by atoms with E-state index in [4.69, 9.17) is 0 Å². The Balaban J connectivity index is 1.69. The highest BCUT2D eigenvalue weighted by molar-refractivity contribution is 5.86. The minimum atomic E-state index is -4.06. The van der Waals surface area contributed by atoms with Crippen LogP contribution >= 0.6 is 0 Å². The zero-order valence-electron chi connectivity index (χ0n) is 15.4. The fourth-order valence-electron chi connectivity index (χ4n) is 5.51. The van der Waals surface area contributed by atoms with Crippen molar-refractivity contribution in [3.63, 3.8) is 0 Å². The number of nitrogens with zero attached hydrogens (tertiary/aromatic N) is 1. The fraction of sp³-hybridized carbons (Fsp3) is 0.850. The van der Waals surface area contributed by atoms with Crippen LogP contribution in [0.5, 0.6) is 0 Å². The average molecular weight is 372 g/mol. The smallest absolute Gasteiger partial charge is 0.351 e. The minimum absolute atomic E-state index is 0.170. The van der Waals surface area contributed by atoms with Gasteiger partial charge in [0.25, 0.3) is 0 Å². The van der Waals surface area contributed by atoms with E-state index in [1.807, 2.05) is 0 Å². The molecule has 0 radical (unpaired) electrons. The van der Waals surface area contributed by atoms with Crippen LogP contribution < -0.4 is 5.32 Å². The molecule has 0 aromatic rings. The maximum Gasteiger partial charge on any atom is 0.391 e. The molecule has 3 unspecified atom stereocenters. The predicted molar refractivity (Wildman–Crippen MR) is 95.6 cm³/mol. The van der Waals surface area contributed by atoms with Gasteiger partial charge in [-0.05, 0) is 63.4 Å². The SMILES string of the molecule is C=CC(=O)NCC1CCC2CCCCC2N1C1CCC(C(F)(F)F)CC1. The molecule has 0 aromatic heterocycles. The molecule has 6 heteroatoms. The normalized spacial score (nSPS) is 36.2. The van der Waals surface area contributed by atoms with Crippen molar-refractivity contribution >= 4 is 5.91 Å². The molecule has 3 nitrogen and oxygen atoms in total. The van der Waals surface area contributed by atoms with Crippen molar-refractivity contribution in [2.45, 2.75) is 88.5 Å². The number of amides is 1. The largest absolute Gasteiger partial charge is 0.391 e. The zero-order chi connectivity index (χ0) is 18.7. The van der Waals surface area contributed by atoms with E-state index in [1.54, 1.807) is 0 Å². The predicted octanol–water partition coefficient (Wildman–Crippen LogP) is 4.43. The number of nitrogens with one attached hydrogen (secondary N) is 1. The Hall–Kier alpha value is -1.04. The van der Waals surface area contributed by atoms with Crippen LogP contribution in [0, 0.1) is 11.8 Å². The second kappa shape index (κ2) is 8.32. The molecule has 148 valence electrons. The number of rotatable bonds is 4. The molecule has 1 N–H and O–H groups in total. The highest BCUT2D eigenvalue weighted by Crippen LogP contribution is 2.44. The second-order valence-electron chi connectivity index (χ2n) is 8.29. The molecule has 0 spiro atoms. The number of carbonyl (C=O) groups excluding carboxylic acids is 1. The van der Waals surface area contributed by atoms with Gasteiger partial charge in [-0.2, -0.15) is 13.2 Å². The molecule has 26 heavy (non-hydrogen) atoms. The van der Waals surface area contributed by atoms with Crippen LogP contribution in [0.25, 0.3) is 0 Å². The first kappa shape index (κ1) is 19.7. The Kier molecular flexibility index (Phi) is 6.31. The van der Waals surface area contributed by atoms with Crippen molar-refractivity contribution < 1.29 is 18.0 Å². The topological polar surface area (TPSA) is 32.3 Å². The van der Waals surface area contributed by atoms with Gasteiger partial charge in [-0.3, -0.25) is 9.69 Å². The number of carbonyl (C=O) groups is 1. The van der Waals surface area contributed by atoms with E-state index in [0.29, 0.717) is 31.3 Å². The van der Waals surface area contributed by atoms with Crippen molar-refractivity contribution in [3.05, 3.63) is 12.7 Å². The Morgan fingerprint density at radius 2 is 1.73 bits per heavy atom. The summed E-state index contributed by atoms with van der Waals surface area (Å²) in [7, 11) is 0. The first-order valence-electron chi connectivity index (χ1n) is 10.1. The fourth-order valence-corrected chi connectivity index (χ4v) is 5.51. The molecule has 2 saturated carbocycles. The molecule has 1 aliphatic heterocycles. The highest BCUT2D eigenvalue weighted by atomic mass is 19.4. The lowest BCUT2D eigenvalue weighted by Crippen LogP contribution is -2.60. The summed E-state index contributed by atoms with van der Waals surface area (Å²) < 4.78 is 39.1. The molecule has 0 bridgehead atoms. The number of fused-ring (bicyclic) bond motifs is 1. The third-order valence-electron chi connectivity index (χ3n) is 6.82. The summed E-state index contributed by atoms with van der Waals surface area (Å²) in [6.45, 7) is 4.07. The maximum absolute atomic E-state index is 13.0. The Morgan fingerprint density at radius 1 is 1.04 bits per heavy atom. The molecule has 3 fully saturated rings. The van der Waals surface area contributed by atoms with E-state index in [-0.39, 0.29) is 30.8 Å². The van der Waals surface area contributed by atoms with Gasteiger partial charge >= 0.3 is 6.18 Å². The number of piperidine rings is 1. The minimum Gasteiger partial charge on any atom is -0.351 e. The van der Waals surface area contributed by atoms with E-state index in [0.717, 1.165) is 12.8 Å². The summed E-state index contributed by atoms with van der Waals surface area (Å²) in [5.41, 5.74) is 0. The summed E-state index contributed by atoms with van der Waals surface area (Å²) >= 11 is 0. The third-order valence-corrected chi connectivity index (χ3v) is 6.82. The quantitative estimate of drug-likeness (QED) is 0.741. The number of halogens is 3. The lowest BCUT2D eigenvalue weighted by Gasteiger charge is -2.53. The number of hydrogen-bond donors (Lipinski definition) is 1. The van der Waals surface area contributed by atoms with E-state index < -0.39 is 12.1 Å². The highest BCUT2D eigenvalue weighted by Gasteiger charge is 2.46. The van der Waals surface area contributed by atoms with Gasteiger partial charge in [-0.15, -0.1) is 0 Å². The van der Waals surface area contributed by atoms with Crippen LogP contribution in [0.3, 0.4) is 0 Å². The van der Waals surface area contributed by atoms with Crippen LogP contribution in [-0.4, -0.2) is 41.7 Å². The van der Waals surface area contributed by atoms with Crippen LogP contribution in [0.1, 0.15) is 64.2 Å².